The molecule has 0 atom stereocenters. The zero-order valence-corrected chi connectivity index (χ0v) is 15.1. The van der Waals surface area contributed by atoms with Crippen molar-refractivity contribution in [2.75, 3.05) is 50.0 Å². The van der Waals surface area contributed by atoms with Crippen molar-refractivity contribution < 1.29 is 4.74 Å². The van der Waals surface area contributed by atoms with Crippen LogP contribution in [0.15, 0.2) is 36.8 Å². The number of hydrogen-bond acceptors (Lipinski definition) is 7. The van der Waals surface area contributed by atoms with Gasteiger partial charge in [-0.05, 0) is 17.1 Å². The second kappa shape index (κ2) is 8.36. The normalized spacial score (nSPS) is 15.1. The average Bonchev–Trinajstić information content (AvgIpc) is 3.09. The molecule has 1 fully saturated rings. The minimum Gasteiger partial charge on any atom is -0.379 e. The quantitative estimate of drug-likeness (QED) is 0.584. The van der Waals surface area contributed by atoms with Crippen LogP contribution < -0.4 is 16.1 Å². The van der Waals surface area contributed by atoms with Gasteiger partial charge in [0.25, 0.3) is 0 Å². The molecule has 0 saturated carbocycles. The molecule has 27 heavy (non-hydrogen) atoms. The summed E-state index contributed by atoms with van der Waals surface area (Å²) in [6.45, 7) is 5.95. The Morgan fingerprint density at radius 1 is 1.19 bits per heavy atom. The molecule has 9 heteroatoms. The molecule has 4 rings (SSSR count). The minimum absolute atomic E-state index is 0.552. The number of aromatic nitrogens is 4. The molecule has 0 aromatic carbocycles. The summed E-state index contributed by atoms with van der Waals surface area (Å²) in [5.74, 6) is 1.60. The van der Waals surface area contributed by atoms with E-state index in [1.165, 1.54) is 0 Å². The summed E-state index contributed by atoms with van der Waals surface area (Å²) in [6.07, 6.45) is 5.22. The van der Waals surface area contributed by atoms with Gasteiger partial charge < -0.3 is 15.4 Å². The molecule has 4 heterocycles. The summed E-state index contributed by atoms with van der Waals surface area (Å²) in [5.41, 5.74) is 2.28. The third-order valence-corrected chi connectivity index (χ3v) is 4.53. The van der Waals surface area contributed by atoms with Gasteiger partial charge in [-0.2, -0.15) is 9.61 Å². The van der Waals surface area contributed by atoms with E-state index < -0.39 is 0 Å². The van der Waals surface area contributed by atoms with Crippen LogP contribution in [0.1, 0.15) is 5.56 Å². The zero-order valence-electron chi connectivity index (χ0n) is 15.1. The van der Waals surface area contributed by atoms with Crippen molar-refractivity contribution >= 4 is 30.6 Å². The van der Waals surface area contributed by atoms with Crippen molar-refractivity contribution in [3.63, 3.8) is 0 Å². The summed E-state index contributed by atoms with van der Waals surface area (Å²) >= 11 is 0. The van der Waals surface area contributed by atoms with Gasteiger partial charge in [0.1, 0.15) is 19.5 Å². The number of rotatable bonds is 7. The first kappa shape index (κ1) is 17.8. The molecule has 0 unspecified atom stereocenters. The van der Waals surface area contributed by atoms with Crippen molar-refractivity contribution in [3.05, 3.63) is 42.4 Å². The number of anilines is 2. The van der Waals surface area contributed by atoms with Crippen LogP contribution in [0, 0.1) is 0 Å². The second-order valence-corrected chi connectivity index (χ2v) is 6.46. The molecule has 1 aliphatic heterocycles. The number of nitrogens with one attached hydrogen (secondary N) is 2. The maximum Gasteiger partial charge on any atom is 0.152 e. The van der Waals surface area contributed by atoms with Gasteiger partial charge >= 0.3 is 0 Å². The van der Waals surface area contributed by atoms with Crippen LogP contribution in [0.2, 0.25) is 0 Å². The third-order valence-electron chi connectivity index (χ3n) is 4.53. The molecule has 0 amide bonds. The van der Waals surface area contributed by atoms with E-state index in [1.54, 1.807) is 16.9 Å². The van der Waals surface area contributed by atoms with Gasteiger partial charge in [-0.1, -0.05) is 6.07 Å². The molecule has 2 radical (unpaired) electrons. The van der Waals surface area contributed by atoms with E-state index in [-0.39, 0.29) is 0 Å². The van der Waals surface area contributed by atoms with Gasteiger partial charge in [0.05, 0.1) is 13.2 Å². The van der Waals surface area contributed by atoms with Crippen LogP contribution in [0.5, 0.6) is 0 Å². The van der Waals surface area contributed by atoms with Gasteiger partial charge in [0.2, 0.25) is 0 Å². The zero-order chi connectivity index (χ0) is 18.5. The molecule has 8 nitrogen and oxygen atoms in total. The van der Waals surface area contributed by atoms with Crippen LogP contribution in [0.3, 0.4) is 0 Å². The standard InChI is InChI=1S/C18H22BN7O/c19-15-13-23-26-17(22-12-14-2-1-3-20-11-14)10-16(24-18(15)26)21-4-5-25-6-8-27-9-7-25/h1-3,10-11,13,22H,4-9,12H2,(H,21,24). The molecular formula is C18H22BN7O. The molecule has 0 spiro atoms. The fourth-order valence-corrected chi connectivity index (χ4v) is 3.06. The van der Waals surface area contributed by atoms with Gasteiger partial charge in [0.15, 0.2) is 5.65 Å². The molecule has 1 saturated heterocycles. The molecule has 0 bridgehead atoms. The first-order valence-corrected chi connectivity index (χ1v) is 9.10. The Balaban J connectivity index is 1.46. The van der Waals surface area contributed by atoms with E-state index in [9.17, 15) is 0 Å². The van der Waals surface area contributed by atoms with Crippen molar-refractivity contribution in [2.45, 2.75) is 6.54 Å². The second-order valence-electron chi connectivity index (χ2n) is 6.46. The van der Waals surface area contributed by atoms with Gasteiger partial charge in [0, 0.05) is 57.4 Å². The third kappa shape index (κ3) is 4.37. The van der Waals surface area contributed by atoms with Crippen molar-refractivity contribution in [2.24, 2.45) is 0 Å². The Hall–Kier alpha value is -2.65. The van der Waals surface area contributed by atoms with E-state index >= 15 is 0 Å². The number of hydrogen-bond donors (Lipinski definition) is 2. The Morgan fingerprint density at radius 3 is 2.89 bits per heavy atom. The summed E-state index contributed by atoms with van der Waals surface area (Å²) in [5, 5.41) is 11.1. The van der Waals surface area contributed by atoms with Crippen molar-refractivity contribution in [3.8, 4) is 0 Å². The van der Waals surface area contributed by atoms with Gasteiger partial charge in [-0.15, -0.1) is 0 Å². The topological polar surface area (TPSA) is 79.6 Å². The Morgan fingerprint density at radius 2 is 2.07 bits per heavy atom. The van der Waals surface area contributed by atoms with Crippen LogP contribution >= 0.6 is 0 Å². The van der Waals surface area contributed by atoms with Crippen molar-refractivity contribution in [1.82, 2.24) is 24.5 Å². The summed E-state index contributed by atoms with van der Waals surface area (Å²) in [6, 6.07) is 5.90. The maximum absolute atomic E-state index is 6.03. The van der Waals surface area contributed by atoms with Crippen LogP contribution in [0.25, 0.3) is 5.65 Å². The van der Waals surface area contributed by atoms with E-state index in [2.05, 4.69) is 30.6 Å². The fourth-order valence-electron chi connectivity index (χ4n) is 3.06. The highest BCUT2D eigenvalue weighted by atomic mass is 16.5. The van der Waals surface area contributed by atoms with Gasteiger partial charge in [-0.3, -0.25) is 9.88 Å². The first-order chi connectivity index (χ1) is 13.3. The lowest BCUT2D eigenvalue weighted by Crippen LogP contribution is -2.39. The summed E-state index contributed by atoms with van der Waals surface area (Å²) < 4.78 is 7.11. The largest absolute Gasteiger partial charge is 0.379 e. The number of morpholine rings is 1. The van der Waals surface area contributed by atoms with Crippen LogP contribution in [0.4, 0.5) is 11.6 Å². The predicted molar refractivity (Wildman–Crippen MR) is 106 cm³/mol. The van der Waals surface area contributed by atoms with E-state index in [4.69, 9.17) is 12.6 Å². The number of pyridine rings is 1. The molecule has 138 valence electrons. The highest BCUT2D eigenvalue weighted by Gasteiger charge is 2.11. The summed E-state index contributed by atoms with van der Waals surface area (Å²) in [4.78, 5) is 11.1. The van der Waals surface area contributed by atoms with Crippen LogP contribution in [-0.2, 0) is 11.3 Å². The molecule has 2 N–H and O–H groups in total. The Labute approximate surface area is 159 Å². The van der Waals surface area contributed by atoms with E-state index in [0.717, 1.165) is 56.6 Å². The highest BCUT2D eigenvalue weighted by molar-refractivity contribution is 6.36. The molecule has 3 aromatic rings. The predicted octanol–water partition coefficient (Wildman–Crippen LogP) is 0.274. The lowest BCUT2D eigenvalue weighted by molar-refractivity contribution is 0.0398. The number of fused-ring (bicyclic) bond motifs is 1. The monoisotopic (exact) mass is 363 g/mol. The molecule has 3 aromatic heterocycles. The summed E-state index contributed by atoms with van der Waals surface area (Å²) in [7, 11) is 6.03. The minimum atomic E-state index is 0.552. The lowest BCUT2D eigenvalue weighted by atomic mass is 10.0. The highest BCUT2D eigenvalue weighted by Crippen LogP contribution is 2.15. The molecule has 0 aliphatic carbocycles. The van der Waals surface area contributed by atoms with Crippen molar-refractivity contribution in [1.29, 1.82) is 0 Å². The van der Waals surface area contributed by atoms with Crippen LogP contribution in [-0.4, -0.2) is 71.7 Å². The van der Waals surface area contributed by atoms with E-state index in [1.807, 2.05) is 24.4 Å². The lowest BCUT2D eigenvalue weighted by Gasteiger charge is -2.26. The molecule has 1 aliphatic rings. The molecular weight excluding hydrogens is 341 g/mol. The SMILES string of the molecule is [B]c1cnn2c(NCc3cccnc3)cc(NCCN3CCOCC3)nc12. The average molecular weight is 363 g/mol. The number of ether oxygens (including phenoxy) is 1. The Kier molecular flexibility index (Phi) is 5.50. The number of nitrogens with zero attached hydrogens (tertiary/aromatic N) is 5. The van der Waals surface area contributed by atoms with E-state index in [0.29, 0.717) is 17.7 Å². The fraction of sp³-hybridized carbons (Fsp3) is 0.389. The maximum atomic E-state index is 6.03. The van der Waals surface area contributed by atoms with Gasteiger partial charge in [-0.25, -0.2) is 4.98 Å². The smallest absolute Gasteiger partial charge is 0.152 e. The first-order valence-electron chi connectivity index (χ1n) is 9.10. The Bertz CT molecular complexity index is 880.